The summed E-state index contributed by atoms with van der Waals surface area (Å²) >= 11 is 0. The van der Waals surface area contributed by atoms with Crippen LogP contribution in [0, 0.1) is 6.92 Å². The third kappa shape index (κ3) is 1.92. The van der Waals surface area contributed by atoms with Crippen LogP contribution in [-0.4, -0.2) is 10.9 Å². The van der Waals surface area contributed by atoms with Gasteiger partial charge in [-0.2, -0.15) is 0 Å². The van der Waals surface area contributed by atoms with E-state index in [9.17, 15) is 4.79 Å². The predicted molar refractivity (Wildman–Crippen MR) is 63.8 cm³/mol. The Morgan fingerprint density at radius 1 is 1.50 bits per heavy atom. The Labute approximate surface area is 93.6 Å². The van der Waals surface area contributed by atoms with Crippen molar-refractivity contribution in [3.63, 3.8) is 0 Å². The fourth-order valence-corrected chi connectivity index (χ4v) is 1.89. The maximum atomic E-state index is 10.8. The Balaban J connectivity index is 2.44. The first-order valence-corrected chi connectivity index (χ1v) is 5.19. The fourth-order valence-electron chi connectivity index (χ4n) is 1.89. The molecular formula is C12H15N3O. The molecule has 84 valence electrons. The summed E-state index contributed by atoms with van der Waals surface area (Å²) in [6.45, 7) is 2.02. The molecule has 0 spiro atoms. The summed E-state index contributed by atoms with van der Waals surface area (Å²) in [6.07, 6.45) is 2.01. The zero-order valence-electron chi connectivity index (χ0n) is 9.16. The third-order valence-electron chi connectivity index (χ3n) is 2.69. The lowest BCUT2D eigenvalue weighted by Crippen LogP contribution is -2.20. The second-order valence-electron chi connectivity index (χ2n) is 4.07. The number of hydrogen-bond acceptors (Lipinski definition) is 2. The van der Waals surface area contributed by atoms with Gasteiger partial charge in [-0.05, 0) is 24.6 Å². The van der Waals surface area contributed by atoms with Crippen LogP contribution in [0.4, 0.5) is 0 Å². The van der Waals surface area contributed by atoms with Crippen molar-refractivity contribution < 1.29 is 4.79 Å². The van der Waals surface area contributed by atoms with E-state index in [2.05, 4.69) is 11.1 Å². The molecule has 2 rings (SSSR count). The molecule has 0 saturated carbocycles. The highest BCUT2D eigenvalue weighted by Crippen LogP contribution is 2.25. The SMILES string of the molecule is Cc1ccc2[nH]cc(C(N)CC(N)=O)c2c1. The van der Waals surface area contributed by atoms with Gasteiger partial charge in [0, 0.05) is 29.6 Å². The molecular weight excluding hydrogens is 202 g/mol. The van der Waals surface area contributed by atoms with Crippen LogP contribution in [0.2, 0.25) is 0 Å². The van der Waals surface area contributed by atoms with Gasteiger partial charge in [0.15, 0.2) is 0 Å². The summed E-state index contributed by atoms with van der Waals surface area (Å²) in [6, 6.07) is 5.75. The molecule has 5 N–H and O–H groups in total. The van der Waals surface area contributed by atoms with Crippen LogP contribution in [0.25, 0.3) is 10.9 Å². The molecule has 0 aliphatic heterocycles. The van der Waals surface area contributed by atoms with Gasteiger partial charge in [0.2, 0.25) is 5.91 Å². The van der Waals surface area contributed by atoms with Crippen LogP contribution in [0.15, 0.2) is 24.4 Å². The van der Waals surface area contributed by atoms with Crippen LogP contribution >= 0.6 is 0 Å². The second kappa shape index (κ2) is 3.98. The van der Waals surface area contributed by atoms with E-state index in [1.165, 1.54) is 5.56 Å². The lowest BCUT2D eigenvalue weighted by atomic mass is 10.0. The molecule has 4 heteroatoms. The highest BCUT2D eigenvalue weighted by atomic mass is 16.1. The molecule has 0 aliphatic carbocycles. The smallest absolute Gasteiger partial charge is 0.219 e. The molecule has 0 aliphatic rings. The number of aromatic amines is 1. The number of primary amides is 1. The number of carbonyl (C=O) groups excluding carboxylic acids is 1. The summed E-state index contributed by atoms with van der Waals surface area (Å²) in [4.78, 5) is 14.0. The van der Waals surface area contributed by atoms with Crippen molar-refractivity contribution in [3.05, 3.63) is 35.5 Å². The summed E-state index contributed by atoms with van der Waals surface area (Å²) in [7, 11) is 0. The lowest BCUT2D eigenvalue weighted by molar-refractivity contribution is -0.118. The summed E-state index contributed by atoms with van der Waals surface area (Å²) in [5.74, 6) is -0.380. The fraction of sp³-hybridized carbons (Fsp3) is 0.250. The maximum Gasteiger partial charge on any atom is 0.219 e. The van der Waals surface area contributed by atoms with Gasteiger partial charge in [0.1, 0.15) is 0 Å². The van der Waals surface area contributed by atoms with Crippen molar-refractivity contribution in [2.24, 2.45) is 11.5 Å². The van der Waals surface area contributed by atoms with Crippen LogP contribution in [0.5, 0.6) is 0 Å². The maximum absolute atomic E-state index is 10.8. The average molecular weight is 217 g/mol. The number of amides is 1. The predicted octanol–water partition coefficient (Wildman–Crippen LogP) is 1.35. The minimum absolute atomic E-state index is 0.168. The molecule has 1 unspecified atom stereocenters. The molecule has 1 heterocycles. The Kier molecular flexibility index (Phi) is 2.66. The van der Waals surface area contributed by atoms with Crippen LogP contribution in [-0.2, 0) is 4.79 Å². The normalized spacial score (nSPS) is 12.9. The molecule has 0 radical (unpaired) electrons. The van der Waals surface area contributed by atoms with Gasteiger partial charge < -0.3 is 16.5 Å². The number of nitrogens with two attached hydrogens (primary N) is 2. The summed E-state index contributed by atoms with van der Waals surface area (Å²) in [5.41, 5.74) is 14.2. The van der Waals surface area contributed by atoms with E-state index in [1.807, 2.05) is 25.3 Å². The van der Waals surface area contributed by atoms with Gasteiger partial charge in [0.05, 0.1) is 0 Å². The van der Waals surface area contributed by atoms with Crippen molar-refractivity contribution in [2.45, 2.75) is 19.4 Å². The van der Waals surface area contributed by atoms with E-state index in [4.69, 9.17) is 11.5 Å². The standard InChI is InChI=1S/C12H15N3O/c1-7-2-3-11-8(4-7)9(6-15-11)10(13)5-12(14)16/h2-4,6,10,15H,5,13H2,1H3,(H2,14,16). The van der Waals surface area contributed by atoms with E-state index in [0.29, 0.717) is 0 Å². The van der Waals surface area contributed by atoms with Gasteiger partial charge in [-0.15, -0.1) is 0 Å². The first-order chi connectivity index (χ1) is 7.58. The average Bonchev–Trinajstić information content (AvgIpc) is 2.59. The number of benzene rings is 1. The van der Waals surface area contributed by atoms with Gasteiger partial charge >= 0.3 is 0 Å². The van der Waals surface area contributed by atoms with Gasteiger partial charge in [0.25, 0.3) is 0 Å². The quantitative estimate of drug-likeness (QED) is 0.725. The highest BCUT2D eigenvalue weighted by molar-refractivity contribution is 5.85. The van der Waals surface area contributed by atoms with Crippen molar-refractivity contribution in [2.75, 3.05) is 0 Å². The van der Waals surface area contributed by atoms with Crippen molar-refractivity contribution >= 4 is 16.8 Å². The molecule has 1 aromatic carbocycles. The summed E-state index contributed by atoms with van der Waals surface area (Å²) in [5, 5.41) is 1.06. The number of nitrogens with one attached hydrogen (secondary N) is 1. The Hall–Kier alpha value is -1.81. The largest absolute Gasteiger partial charge is 0.370 e. The van der Waals surface area contributed by atoms with E-state index in [0.717, 1.165) is 16.5 Å². The Morgan fingerprint density at radius 3 is 2.94 bits per heavy atom. The first kappa shape index (κ1) is 10.7. The minimum Gasteiger partial charge on any atom is -0.370 e. The number of hydrogen-bond donors (Lipinski definition) is 3. The number of aromatic nitrogens is 1. The van der Waals surface area contributed by atoms with Crippen LogP contribution < -0.4 is 11.5 Å². The van der Waals surface area contributed by atoms with E-state index in [1.54, 1.807) is 0 Å². The van der Waals surface area contributed by atoms with E-state index in [-0.39, 0.29) is 18.4 Å². The molecule has 0 saturated heterocycles. The molecule has 1 aromatic heterocycles. The van der Waals surface area contributed by atoms with Crippen LogP contribution in [0.1, 0.15) is 23.6 Å². The minimum atomic E-state index is -0.380. The number of fused-ring (bicyclic) bond motifs is 1. The number of rotatable bonds is 3. The zero-order valence-corrected chi connectivity index (χ0v) is 9.16. The molecule has 0 bridgehead atoms. The number of carbonyl (C=O) groups is 1. The van der Waals surface area contributed by atoms with Crippen molar-refractivity contribution in [1.29, 1.82) is 0 Å². The molecule has 2 aromatic rings. The number of aryl methyl sites for hydroxylation is 1. The van der Waals surface area contributed by atoms with Gasteiger partial charge in [-0.3, -0.25) is 4.79 Å². The third-order valence-corrected chi connectivity index (χ3v) is 2.69. The molecule has 4 nitrogen and oxygen atoms in total. The number of H-pyrrole nitrogens is 1. The lowest BCUT2D eigenvalue weighted by Gasteiger charge is -2.08. The van der Waals surface area contributed by atoms with Gasteiger partial charge in [-0.25, -0.2) is 0 Å². The molecule has 16 heavy (non-hydrogen) atoms. The topological polar surface area (TPSA) is 84.9 Å². The second-order valence-corrected chi connectivity index (χ2v) is 4.07. The molecule has 0 fully saturated rings. The van der Waals surface area contributed by atoms with Crippen LogP contribution in [0.3, 0.4) is 0 Å². The first-order valence-electron chi connectivity index (χ1n) is 5.19. The van der Waals surface area contributed by atoms with E-state index < -0.39 is 0 Å². The monoisotopic (exact) mass is 217 g/mol. The Bertz CT molecular complexity index is 530. The van der Waals surface area contributed by atoms with Gasteiger partial charge in [-0.1, -0.05) is 11.6 Å². The highest BCUT2D eigenvalue weighted by Gasteiger charge is 2.13. The van der Waals surface area contributed by atoms with Crippen molar-refractivity contribution in [1.82, 2.24) is 4.98 Å². The Morgan fingerprint density at radius 2 is 2.25 bits per heavy atom. The van der Waals surface area contributed by atoms with Crippen molar-refractivity contribution in [3.8, 4) is 0 Å². The summed E-state index contributed by atoms with van der Waals surface area (Å²) < 4.78 is 0. The molecule has 1 amide bonds. The zero-order chi connectivity index (χ0) is 11.7. The van der Waals surface area contributed by atoms with E-state index >= 15 is 0 Å². The molecule has 1 atom stereocenters.